The van der Waals surface area contributed by atoms with Crippen LogP contribution in [0.15, 0.2) is 46.2 Å². The maximum Gasteiger partial charge on any atom is 0.247 e. The number of nitrogens with zero attached hydrogens (tertiary/aromatic N) is 4. The second-order valence-corrected chi connectivity index (χ2v) is 9.56. The number of carbonyl (C=O) groups is 1. The van der Waals surface area contributed by atoms with Crippen LogP contribution in [0.3, 0.4) is 0 Å². The molecule has 1 aliphatic carbocycles. The molecule has 3 aliphatic heterocycles. The minimum Gasteiger partial charge on any atom is -0.368 e. The lowest BCUT2D eigenvalue weighted by Gasteiger charge is -2.40. The van der Waals surface area contributed by atoms with E-state index >= 15 is 0 Å². The Kier molecular flexibility index (Phi) is 5.63. The molecule has 1 aromatic rings. The molecule has 3 N–H and O–H groups in total. The van der Waals surface area contributed by atoms with Crippen LogP contribution in [0.25, 0.3) is 0 Å². The van der Waals surface area contributed by atoms with Crippen LogP contribution in [0.2, 0.25) is 0 Å². The van der Waals surface area contributed by atoms with Crippen LogP contribution in [0.5, 0.6) is 0 Å². The van der Waals surface area contributed by atoms with Gasteiger partial charge in [0.25, 0.3) is 0 Å². The van der Waals surface area contributed by atoms with Gasteiger partial charge in [0.15, 0.2) is 6.29 Å². The summed E-state index contributed by atoms with van der Waals surface area (Å²) >= 11 is 0. The van der Waals surface area contributed by atoms with E-state index < -0.39 is 0 Å². The molecule has 3 atom stereocenters. The van der Waals surface area contributed by atoms with E-state index in [1.54, 1.807) is 0 Å². The van der Waals surface area contributed by atoms with Gasteiger partial charge in [-0.15, -0.1) is 0 Å². The van der Waals surface area contributed by atoms with Crippen molar-refractivity contribution in [3.05, 3.63) is 41.2 Å². The highest BCUT2D eigenvalue weighted by molar-refractivity contribution is 6.01. The number of hydrogen-bond donors (Lipinski definition) is 3. The largest absolute Gasteiger partial charge is 0.368 e. The number of allylic oxidation sites excluding steroid dienone is 3. The summed E-state index contributed by atoms with van der Waals surface area (Å²) in [4.78, 5) is 26.5. The summed E-state index contributed by atoms with van der Waals surface area (Å²) in [6.45, 7) is 9.24. The van der Waals surface area contributed by atoms with E-state index in [9.17, 15) is 4.79 Å². The molecule has 8 nitrogen and oxygen atoms in total. The van der Waals surface area contributed by atoms with Gasteiger partial charge in [-0.05, 0) is 36.5 Å². The van der Waals surface area contributed by atoms with Crippen molar-refractivity contribution in [3.63, 3.8) is 0 Å². The number of piperazine rings is 1. The lowest BCUT2D eigenvalue weighted by molar-refractivity contribution is -0.119. The average molecular weight is 436 g/mol. The number of amides is 1. The number of hydrogen-bond acceptors (Lipinski definition) is 7. The second kappa shape index (κ2) is 8.58. The number of nitrogens with one attached hydrogen (secondary N) is 3. The Morgan fingerprint density at radius 2 is 2.06 bits per heavy atom. The van der Waals surface area contributed by atoms with Crippen LogP contribution in [0.1, 0.15) is 20.3 Å². The Balaban J connectivity index is 1.31. The minimum absolute atomic E-state index is 0.0564. The first-order chi connectivity index (χ1) is 15.5. The quantitative estimate of drug-likeness (QED) is 0.654. The van der Waals surface area contributed by atoms with Crippen molar-refractivity contribution in [2.24, 2.45) is 22.7 Å². The molecule has 4 aliphatic rings. The van der Waals surface area contributed by atoms with Crippen LogP contribution in [0, 0.1) is 17.8 Å². The molecule has 2 saturated heterocycles. The molecule has 8 heteroatoms. The highest BCUT2D eigenvalue weighted by Gasteiger charge is 2.44. The topological polar surface area (TPSA) is 84.9 Å². The van der Waals surface area contributed by atoms with Gasteiger partial charge in [-0.1, -0.05) is 13.8 Å². The van der Waals surface area contributed by atoms with Gasteiger partial charge in [0, 0.05) is 68.7 Å². The summed E-state index contributed by atoms with van der Waals surface area (Å²) in [6.07, 6.45) is 6.70. The molecule has 5 rings (SSSR count). The van der Waals surface area contributed by atoms with Crippen molar-refractivity contribution >= 4 is 23.6 Å². The average Bonchev–Trinajstić information content (AvgIpc) is 3.20. The SMILES string of the molecule is CC(C)CC1CNC(=O)C2=CC3=C(C21)N(C)C(Nc1ccc(N2CCNCC2)cn1)N=C3. The normalized spacial score (nSPS) is 27.3. The van der Waals surface area contributed by atoms with Crippen molar-refractivity contribution < 1.29 is 4.79 Å². The molecule has 170 valence electrons. The van der Waals surface area contributed by atoms with Crippen molar-refractivity contribution in [3.8, 4) is 0 Å². The number of fused-ring (bicyclic) bond motifs is 2. The summed E-state index contributed by atoms with van der Waals surface area (Å²) in [5, 5.41) is 9.93. The summed E-state index contributed by atoms with van der Waals surface area (Å²) in [7, 11) is 2.06. The molecule has 0 radical (unpaired) electrons. The second-order valence-electron chi connectivity index (χ2n) is 9.56. The van der Waals surface area contributed by atoms with Crippen LogP contribution < -0.4 is 20.9 Å². The van der Waals surface area contributed by atoms with E-state index in [2.05, 4.69) is 57.7 Å². The fourth-order valence-corrected chi connectivity index (χ4v) is 5.37. The molecular weight excluding hydrogens is 402 g/mol. The third-order valence-corrected chi connectivity index (χ3v) is 6.88. The number of rotatable bonds is 5. The van der Waals surface area contributed by atoms with Gasteiger partial charge in [-0.3, -0.25) is 4.79 Å². The maximum absolute atomic E-state index is 12.6. The molecular formula is C24H33N7O. The van der Waals surface area contributed by atoms with Crippen molar-refractivity contribution in [2.75, 3.05) is 50.0 Å². The van der Waals surface area contributed by atoms with E-state index in [1.165, 1.54) is 5.70 Å². The zero-order valence-corrected chi connectivity index (χ0v) is 19.1. The summed E-state index contributed by atoms with van der Waals surface area (Å²) in [5.41, 5.74) is 4.28. The van der Waals surface area contributed by atoms with Gasteiger partial charge in [-0.25, -0.2) is 9.98 Å². The Bertz CT molecular complexity index is 959. The van der Waals surface area contributed by atoms with Crippen LogP contribution in [0.4, 0.5) is 11.5 Å². The zero-order chi connectivity index (χ0) is 22.2. The van der Waals surface area contributed by atoms with Crippen LogP contribution in [-0.2, 0) is 4.79 Å². The summed E-state index contributed by atoms with van der Waals surface area (Å²) in [6, 6.07) is 4.15. The van der Waals surface area contributed by atoms with Gasteiger partial charge < -0.3 is 25.8 Å². The van der Waals surface area contributed by atoms with E-state index in [1.807, 2.05) is 24.6 Å². The van der Waals surface area contributed by atoms with Gasteiger partial charge in [0.2, 0.25) is 5.91 Å². The molecule has 0 aromatic carbocycles. The Morgan fingerprint density at radius 3 is 2.78 bits per heavy atom. The lowest BCUT2D eigenvalue weighted by Crippen LogP contribution is -2.47. The number of aliphatic imine (C=N–C) groups is 1. The highest BCUT2D eigenvalue weighted by atomic mass is 16.1. The summed E-state index contributed by atoms with van der Waals surface area (Å²) < 4.78 is 0. The molecule has 0 saturated carbocycles. The monoisotopic (exact) mass is 435 g/mol. The summed E-state index contributed by atoms with van der Waals surface area (Å²) in [5.74, 6) is 1.97. The lowest BCUT2D eigenvalue weighted by atomic mass is 9.77. The first-order valence-electron chi connectivity index (χ1n) is 11.7. The van der Waals surface area contributed by atoms with Gasteiger partial charge >= 0.3 is 0 Å². The molecule has 1 amide bonds. The molecule has 3 unspecified atom stereocenters. The first kappa shape index (κ1) is 21.0. The number of anilines is 2. The first-order valence-corrected chi connectivity index (χ1v) is 11.7. The van der Waals surface area contributed by atoms with Crippen molar-refractivity contribution in [2.45, 2.75) is 26.6 Å². The minimum atomic E-state index is -0.247. The third-order valence-electron chi connectivity index (χ3n) is 6.88. The van der Waals surface area contributed by atoms with Crippen LogP contribution >= 0.6 is 0 Å². The number of piperidine rings is 1. The van der Waals surface area contributed by atoms with E-state index in [0.717, 1.165) is 61.8 Å². The number of aromatic nitrogens is 1. The Morgan fingerprint density at radius 1 is 1.25 bits per heavy atom. The third kappa shape index (κ3) is 3.88. The van der Waals surface area contributed by atoms with Crippen LogP contribution in [-0.4, -0.2) is 68.1 Å². The molecule has 32 heavy (non-hydrogen) atoms. The molecule has 0 spiro atoms. The van der Waals surface area contributed by atoms with Gasteiger partial charge in [0.1, 0.15) is 5.82 Å². The Labute approximate surface area is 189 Å². The van der Waals surface area contributed by atoms with E-state index in [0.29, 0.717) is 11.8 Å². The smallest absolute Gasteiger partial charge is 0.247 e. The van der Waals surface area contributed by atoms with Crippen molar-refractivity contribution in [1.29, 1.82) is 0 Å². The van der Waals surface area contributed by atoms with E-state index in [4.69, 9.17) is 4.99 Å². The predicted octanol–water partition coefficient (Wildman–Crippen LogP) is 1.81. The fraction of sp³-hybridized carbons (Fsp3) is 0.542. The van der Waals surface area contributed by atoms with Gasteiger partial charge in [-0.2, -0.15) is 0 Å². The number of carbonyl (C=O) groups excluding carboxylic acids is 1. The van der Waals surface area contributed by atoms with E-state index in [-0.39, 0.29) is 18.1 Å². The standard InChI is InChI=1S/C24H33N7O/c1-15(2)10-16-12-27-23(32)19-11-17-13-28-24(30(3)22(17)21(16)19)29-20-5-4-18(14-26-20)31-8-6-25-7-9-31/h4-5,11,13-16,21,24-25H,6-10,12H2,1-3H3,(H,26,29)(H,27,32). The fourth-order valence-electron chi connectivity index (χ4n) is 5.37. The molecule has 1 aromatic heterocycles. The zero-order valence-electron chi connectivity index (χ0n) is 19.1. The molecule has 0 bridgehead atoms. The predicted molar refractivity (Wildman–Crippen MR) is 128 cm³/mol. The maximum atomic E-state index is 12.6. The molecule has 2 fully saturated rings. The number of pyridine rings is 1. The Hall–Kier alpha value is -2.87. The van der Waals surface area contributed by atoms with Crippen molar-refractivity contribution in [1.82, 2.24) is 20.5 Å². The molecule has 4 heterocycles. The van der Waals surface area contributed by atoms with Gasteiger partial charge in [0.05, 0.1) is 11.9 Å². The highest BCUT2D eigenvalue weighted by Crippen LogP contribution is 2.44.